The van der Waals surface area contributed by atoms with Crippen LogP contribution in [0.4, 0.5) is 0 Å². The van der Waals surface area contributed by atoms with Crippen molar-refractivity contribution in [2.75, 3.05) is 14.2 Å². The third-order valence-corrected chi connectivity index (χ3v) is 5.32. The van der Waals surface area contributed by atoms with E-state index in [4.69, 9.17) is 14.9 Å². The van der Waals surface area contributed by atoms with E-state index in [1.807, 2.05) is 30.3 Å². The van der Waals surface area contributed by atoms with Crippen LogP contribution in [0.3, 0.4) is 0 Å². The molecule has 0 radical (unpaired) electrons. The summed E-state index contributed by atoms with van der Waals surface area (Å²) in [6, 6.07) is 15.2. The molecule has 2 heterocycles. The maximum absolute atomic E-state index is 12.6. The van der Waals surface area contributed by atoms with E-state index in [-0.39, 0.29) is 11.4 Å². The van der Waals surface area contributed by atoms with Gasteiger partial charge < -0.3 is 9.47 Å². The summed E-state index contributed by atoms with van der Waals surface area (Å²) in [7, 11) is 3.10. The Kier molecular flexibility index (Phi) is 5.18. The van der Waals surface area contributed by atoms with Gasteiger partial charge in [0, 0.05) is 6.42 Å². The number of amidine groups is 2. The Morgan fingerprint density at radius 1 is 1.10 bits per heavy atom. The zero-order valence-corrected chi connectivity index (χ0v) is 16.7. The predicted molar refractivity (Wildman–Crippen MR) is 115 cm³/mol. The number of nitrogens with zero attached hydrogens (tertiary/aromatic N) is 3. The summed E-state index contributed by atoms with van der Waals surface area (Å²) in [5.41, 5.74) is 1.99. The highest BCUT2D eigenvalue weighted by molar-refractivity contribution is 8.26. The van der Waals surface area contributed by atoms with Crippen molar-refractivity contribution in [3.05, 3.63) is 65.2 Å². The maximum Gasteiger partial charge on any atom is 0.283 e. The molecule has 2 aliphatic heterocycles. The third kappa shape index (κ3) is 3.79. The van der Waals surface area contributed by atoms with Gasteiger partial charge >= 0.3 is 0 Å². The number of methoxy groups -OCH3 is 2. The van der Waals surface area contributed by atoms with Crippen molar-refractivity contribution >= 4 is 39.8 Å². The van der Waals surface area contributed by atoms with Gasteiger partial charge in [-0.2, -0.15) is 15.1 Å². The van der Waals surface area contributed by atoms with Crippen molar-refractivity contribution in [1.82, 2.24) is 5.01 Å². The number of rotatable bonds is 5. The molecule has 0 saturated heterocycles. The van der Waals surface area contributed by atoms with E-state index in [9.17, 15) is 4.79 Å². The maximum atomic E-state index is 12.6. The van der Waals surface area contributed by atoms with E-state index in [0.717, 1.165) is 10.6 Å². The molecule has 2 aromatic carbocycles. The number of hydrazone groups is 1. The zero-order chi connectivity index (χ0) is 20.4. The molecule has 0 saturated carbocycles. The number of nitrogens with one attached hydrogen (secondary N) is 1. The minimum absolute atomic E-state index is 0.00495. The van der Waals surface area contributed by atoms with Gasteiger partial charge in [-0.05, 0) is 41.1 Å². The average Bonchev–Trinajstić information content (AvgIpc) is 3.14. The van der Waals surface area contributed by atoms with Crippen LogP contribution in [-0.4, -0.2) is 41.2 Å². The second-order valence-corrected chi connectivity index (χ2v) is 7.33. The predicted octanol–water partition coefficient (Wildman–Crippen LogP) is 3.57. The van der Waals surface area contributed by atoms with Gasteiger partial charge in [0.05, 0.1) is 19.8 Å². The summed E-state index contributed by atoms with van der Waals surface area (Å²) in [6.07, 6.45) is 2.24. The molecule has 0 bridgehead atoms. The molecule has 146 valence electrons. The van der Waals surface area contributed by atoms with Crippen molar-refractivity contribution in [3.8, 4) is 11.5 Å². The Labute approximate surface area is 172 Å². The fourth-order valence-electron chi connectivity index (χ4n) is 2.98. The number of ether oxygens (including phenoxy) is 2. The molecule has 29 heavy (non-hydrogen) atoms. The number of aliphatic imine (C=N–C) groups is 1. The topological polar surface area (TPSA) is 87.3 Å². The van der Waals surface area contributed by atoms with Gasteiger partial charge in [0.1, 0.15) is 5.04 Å². The Morgan fingerprint density at radius 3 is 2.59 bits per heavy atom. The lowest BCUT2D eigenvalue weighted by molar-refractivity contribution is -0.114. The molecule has 1 N–H and O–H groups in total. The number of carbonyl (C=O) groups excluding carboxylic acids is 1. The third-order valence-electron chi connectivity index (χ3n) is 4.41. The van der Waals surface area contributed by atoms with Gasteiger partial charge in [-0.3, -0.25) is 10.2 Å². The van der Waals surface area contributed by atoms with Crippen LogP contribution in [0.25, 0.3) is 6.08 Å². The molecule has 8 heteroatoms. The van der Waals surface area contributed by atoms with Crippen molar-refractivity contribution in [3.63, 3.8) is 0 Å². The van der Waals surface area contributed by atoms with Crippen LogP contribution in [0.15, 0.2) is 64.2 Å². The van der Waals surface area contributed by atoms with E-state index in [1.54, 1.807) is 38.5 Å². The Hall–Kier alpha value is -3.39. The van der Waals surface area contributed by atoms with Gasteiger partial charge in [-0.15, -0.1) is 0 Å². The molecular weight excluding hydrogens is 388 g/mol. The summed E-state index contributed by atoms with van der Waals surface area (Å²) in [5.74, 6) is 0.678. The van der Waals surface area contributed by atoms with Crippen LogP contribution < -0.4 is 9.47 Å². The molecule has 0 aromatic heterocycles. The number of hydrogen-bond acceptors (Lipinski definition) is 6. The first-order valence-corrected chi connectivity index (χ1v) is 9.65. The first-order chi connectivity index (χ1) is 14.1. The summed E-state index contributed by atoms with van der Waals surface area (Å²) < 4.78 is 10.5. The quantitative estimate of drug-likeness (QED) is 0.767. The molecular formula is C21H18N4O3S. The Morgan fingerprint density at radius 2 is 1.86 bits per heavy atom. The molecule has 4 rings (SSSR count). The van der Waals surface area contributed by atoms with Crippen molar-refractivity contribution < 1.29 is 14.3 Å². The van der Waals surface area contributed by atoms with Gasteiger partial charge in [-0.1, -0.05) is 36.4 Å². The fourth-order valence-corrected chi connectivity index (χ4v) is 3.90. The smallest absolute Gasteiger partial charge is 0.283 e. The average molecular weight is 406 g/mol. The second-order valence-electron chi connectivity index (χ2n) is 6.29. The monoisotopic (exact) mass is 406 g/mol. The van der Waals surface area contributed by atoms with E-state index in [2.05, 4.69) is 10.1 Å². The highest BCUT2D eigenvalue weighted by Gasteiger charge is 2.35. The molecule has 0 aliphatic carbocycles. The van der Waals surface area contributed by atoms with E-state index in [1.165, 1.54) is 16.8 Å². The lowest BCUT2D eigenvalue weighted by Gasteiger charge is -2.20. The van der Waals surface area contributed by atoms with E-state index < -0.39 is 5.91 Å². The minimum Gasteiger partial charge on any atom is -0.493 e. The summed E-state index contributed by atoms with van der Waals surface area (Å²) in [4.78, 5) is 16.7. The molecule has 7 nitrogen and oxygen atoms in total. The number of amides is 1. The van der Waals surface area contributed by atoms with Crippen LogP contribution in [-0.2, 0) is 11.2 Å². The number of benzene rings is 2. The van der Waals surface area contributed by atoms with Crippen molar-refractivity contribution in [1.29, 1.82) is 5.41 Å². The molecule has 0 atom stereocenters. The molecule has 2 aromatic rings. The SMILES string of the molecule is COc1ccc(C=C2C(=N)N3N=C(Cc4ccccc4)SC3=NC2=O)cc1OC. The summed E-state index contributed by atoms with van der Waals surface area (Å²) >= 11 is 1.32. The zero-order valence-electron chi connectivity index (χ0n) is 15.9. The fraction of sp³-hybridized carbons (Fsp3) is 0.143. The molecule has 0 spiro atoms. The minimum atomic E-state index is -0.459. The van der Waals surface area contributed by atoms with Gasteiger partial charge in [0.15, 0.2) is 17.3 Å². The number of thioether (sulfide) groups is 1. The molecule has 0 unspecified atom stereocenters. The van der Waals surface area contributed by atoms with Gasteiger partial charge in [0.25, 0.3) is 5.91 Å². The largest absolute Gasteiger partial charge is 0.493 e. The number of hydrogen-bond donors (Lipinski definition) is 1. The molecule has 1 amide bonds. The van der Waals surface area contributed by atoms with Crippen LogP contribution in [0.5, 0.6) is 11.5 Å². The standard InChI is InChI=1S/C21H18N4O3S/c1-27-16-9-8-14(11-17(16)28-2)10-15-19(22)25-21(23-20(15)26)29-18(24-25)12-13-6-4-3-5-7-13/h3-11,22H,12H2,1-2H3. The van der Waals surface area contributed by atoms with E-state index >= 15 is 0 Å². The Balaban J connectivity index is 1.61. The van der Waals surface area contributed by atoms with Gasteiger partial charge in [-0.25, -0.2) is 0 Å². The molecule has 0 fully saturated rings. The number of carbonyl (C=O) groups is 1. The Bertz CT molecular complexity index is 1080. The number of fused-ring (bicyclic) bond motifs is 1. The molecule has 2 aliphatic rings. The van der Waals surface area contributed by atoms with Gasteiger partial charge in [0.2, 0.25) is 5.17 Å². The lowest BCUT2D eigenvalue weighted by Crippen LogP contribution is -2.35. The summed E-state index contributed by atoms with van der Waals surface area (Å²) in [6.45, 7) is 0. The highest BCUT2D eigenvalue weighted by Crippen LogP contribution is 2.31. The van der Waals surface area contributed by atoms with Crippen LogP contribution in [0, 0.1) is 5.41 Å². The van der Waals surface area contributed by atoms with Crippen molar-refractivity contribution in [2.24, 2.45) is 10.1 Å². The van der Waals surface area contributed by atoms with Crippen molar-refractivity contribution in [2.45, 2.75) is 6.42 Å². The highest BCUT2D eigenvalue weighted by atomic mass is 32.2. The van der Waals surface area contributed by atoms with E-state index in [0.29, 0.717) is 28.7 Å². The first kappa shape index (κ1) is 18.9. The lowest BCUT2D eigenvalue weighted by atomic mass is 10.1. The normalized spacial score (nSPS) is 17.2. The van der Waals surface area contributed by atoms with Crippen LogP contribution >= 0.6 is 11.8 Å². The van der Waals surface area contributed by atoms with Crippen LogP contribution in [0.2, 0.25) is 0 Å². The first-order valence-electron chi connectivity index (χ1n) is 8.84. The van der Waals surface area contributed by atoms with Crippen LogP contribution in [0.1, 0.15) is 11.1 Å². The summed E-state index contributed by atoms with van der Waals surface area (Å²) in [5, 5.41) is 15.6. The second kappa shape index (κ2) is 7.92.